The molecule has 1 aromatic rings. The smallest absolute Gasteiger partial charge is 0.393 e. The monoisotopic (exact) mass is 366 g/mol. The number of hydrogen-bond acceptors (Lipinski definition) is 7. The Bertz CT molecular complexity index is 664. The average molecular weight is 366 g/mol. The molecule has 0 saturated heterocycles. The van der Waals surface area contributed by atoms with Gasteiger partial charge in [0.2, 0.25) is 0 Å². The molecule has 0 bridgehead atoms. The fraction of sp³-hybridized carbons (Fsp3) is 0.538. The number of nitrogens with zero attached hydrogens (tertiary/aromatic N) is 2. The summed E-state index contributed by atoms with van der Waals surface area (Å²) in [6.07, 6.45) is -5.75. The predicted molar refractivity (Wildman–Crippen MR) is 82.0 cm³/mol. The lowest BCUT2D eigenvalue weighted by molar-refractivity contribution is -0.395. The zero-order chi connectivity index (χ0) is 19.4. The lowest BCUT2D eigenvalue weighted by Gasteiger charge is -2.13. The highest BCUT2D eigenvalue weighted by Crippen LogP contribution is 2.44. The lowest BCUT2D eigenvalue weighted by atomic mass is 9.99. The normalized spacial score (nSPS) is 12.8. The minimum absolute atomic E-state index is 0.166. The first-order valence-electron chi connectivity index (χ1n) is 7.16. The van der Waals surface area contributed by atoms with Crippen molar-refractivity contribution in [3.63, 3.8) is 0 Å². The number of nitrogens with two attached hydrogens (primary N) is 1. The highest BCUT2D eigenvalue weighted by Gasteiger charge is 2.41. The molecule has 0 aliphatic carbocycles. The van der Waals surface area contributed by atoms with Gasteiger partial charge in [0.05, 0.1) is 21.5 Å². The van der Waals surface area contributed by atoms with Crippen molar-refractivity contribution in [3.05, 3.63) is 37.4 Å². The number of rotatable bonds is 8. The first-order valence-corrected chi connectivity index (χ1v) is 7.16. The van der Waals surface area contributed by atoms with Gasteiger partial charge in [-0.15, -0.1) is 0 Å². The third-order valence-electron chi connectivity index (χ3n) is 3.33. The minimum Gasteiger partial charge on any atom is -0.393 e. The number of aliphatic hydroxyl groups is 1. The molecule has 1 aromatic carbocycles. The van der Waals surface area contributed by atoms with Gasteiger partial charge in [0.1, 0.15) is 11.3 Å². The van der Waals surface area contributed by atoms with Crippen molar-refractivity contribution < 1.29 is 28.1 Å². The molecule has 0 aliphatic heterocycles. The lowest BCUT2D eigenvalue weighted by Crippen LogP contribution is -2.25. The molecule has 0 spiro atoms. The molecule has 0 aliphatic rings. The van der Waals surface area contributed by atoms with E-state index in [1.807, 2.05) is 0 Å². The summed E-state index contributed by atoms with van der Waals surface area (Å²) in [5.41, 5.74) is -0.0308. The maximum Gasteiger partial charge on any atom is 0.418 e. The van der Waals surface area contributed by atoms with E-state index in [0.717, 1.165) is 0 Å². The molecule has 12 heteroatoms. The number of nitro benzene ring substituents is 2. The van der Waals surface area contributed by atoms with Crippen molar-refractivity contribution in [2.45, 2.75) is 32.0 Å². The highest BCUT2D eigenvalue weighted by molar-refractivity contribution is 5.73. The standard InChI is InChI=1S/C13H17F3N4O5/c1-7(21)6-18-4-2-3-8-10(19(22)23)5-9(13(14,15)16)11(17)12(8)20(24)25/h5,7,18,21H,2-4,6,17H2,1H3. The second-order valence-electron chi connectivity index (χ2n) is 5.35. The number of anilines is 1. The van der Waals surface area contributed by atoms with Gasteiger partial charge in [0, 0.05) is 12.6 Å². The number of benzene rings is 1. The van der Waals surface area contributed by atoms with Gasteiger partial charge >= 0.3 is 11.9 Å². The van der Waals surface area contributed by atoms with Crippen LogP contribution in [-0.4, -0.2) is 34.1 Å². The minimum atomic E-state index is -5.06. The van der Waals surface area contributed by atoms with Crippen molar-refractivity contribution in [1.29, 1.82) is 0 Å². The molecule has 1 rings (SSSR count). The van der Waals surface area contributed by atoms with E-state index >= 15 is 0 Å². The molecule has 0 aromatic heterocycles. The molecule has 9 nitrogen and oxygen atoms in total. The van der Waals surface area contributed by atoms with E-state index in [4.69, 9.17) is 10.8 Å². The first kappa shape index (κ1) is 20.6. The van der Waals surface area contributed by atoms with Crippen LogP contribution in [0, 0.1) is 20.2 Å². The predicted octanol–water partition coefficient (Wildman–Crippen LogP) is 2.01. The number of alkyl halides is 3. The SMILES string of the molecule is CC(O)CNCCCc1c([N+](=O)[O-])cc(C(F)(F)F)c(N)c1[N+](=O)[O-]. The topological polar surface area (TPSA) is 145 Å². The van der Waals surface area contributed by atoms with Crippen LogP contribution < -0.4 is 11.1 Å². The van der Waals surface area contributed by atoms with Crippen LogP contribution in [0.1, 0.15) is 24.5 Å². The number of hydrogen-bond donors (Lipinski definition) is 3. The Balaban J connectivity index is 3.27. The number of nitrogens with one attached hydrogen (secondary N) is 1. The Morgan fingerprint density at radius 1 is 1.32 bits per heavy atom. The van der Waals surface area contributed by atoms with Gasteiger partial charge < -0.3 is 16.2 Å². The fourth-order valence-electron chi connectivity index (χ4n) is 2.27. The van der Waals surface area contributed by atoms with Gasteiger partial charge in [-0.2, -0.15) is 13.2 Å². The van der Waals surface area contributed by atoms with Crippen LogP contribution in [0.15, 0.2) is 6.07 Å². The summed E-state index contributed by atoms with van der Waals surface area (Å²) in [5.74, 6) is 0. The van der Waals surface area contributed by atoms with E-state index in [1.165, 1.54) is 6.92 Å². The molecule has 4 N–H and O–H groups in total. The van der Waals surface area contributed by atoms with Gasteiger partial charge in [-0.1, -0.05) is 0 Å². The van der Waals surface area contributed by atoms with E-state index in [-0.39, 0.29) is 32.0 Å². The molecule has 25 heavy (non-hydrogen) atoms. The van der Waals surface area contributed by atoms with E-state index < -0.39 is 50.3 Å². The molecule has 1 atom stereocenters. The molecule has 1 unspecified atom stereocenters. The molecule has 0 fully saturated rings. The van der Waals surface area contributed by atoms with Gasteiger partial charge in [-0.05, 0) is 26.3 Å². The number of halogens is 3. The molecule has 140 valence electrons. The Morgan fingerprint density at radius 3 is 2.36 bits per heavy atom. The Kier molecular flexibility index (Phi) is 6.64. The maximum absolute atomic E-state index is 12.9. The van der Waals surface area contributed by atoms with Crippen LogP contribution >= 0.6 is 0 Å². The molecule has 0 heterocycles. The number of aliphatic hydroxyl groups excluding tert-OH is 1. The second-order valence-corrected chi connectivity index (χ2v) is 5.35. The summed E-state index contributed by atoms with van der Waals surface area (Å²) in [4.78, 5) is 20.0. The van der Waals surface area contributed by atoms with Crippen molar-refractivity contribution in [3.8, 4) is 0 Å². The van der Waals surface area contributed by atoms with E-state index in [9.17, 15) is 33.4 Å². The third kappa shape index (κ3) is 5.26. The van der Waals surface area contributed by atoms with Gasteiger partial charge in [0.15, 0.2) is 0 Å². The summed E-state index contributed by atoms with van der Waals surface area (Å²) in [6, 6.07) is 0.223. The van der Waals surface area contributed by atoms with Gasteiger partial charge in [0.25, 0.3) is 5.69 Å². The number of nitro groups is 2. The van der Waals surface area contributed by atoms with Crippen LogP contribution in [0.5, 0.6) is 0 Å². The van der Waals surface area contributed by atoms with Crippen molar-refractivity contribution in [2.75, 3.05) is 18.8 Å². The Hall–Kier alpha value is -2.47. The van der Waals surface area contributed by atoms with E-state index in [0.29, 0.717) is 0 Å². The molecule has 0 amide bonds. The van der Waals surface area contributed by atoms with Crippen molar-refractivity contribution in [1.82, 2.24) is 5.32 Å². The van der Waals surface area contributed by atoms with Gasteiger partial charge in [-0.3, -0.25) is 20.2 Å². The Labute approximate surface area is 139 Å². The maximum atomic E-state index is 12.9. The van der Waals surface area contributed by atoms with Crippen LogP contribution in [0.4, 0.5) is 30.2 Å². The summed E-state index contributed by atoms with van der Waals surface area (Å²) >= 11 is 0. The highest BCUT2D eigenvalue weighted by atomic mass is 19.4. The van der Waals surface area contributed by atoms with Crippen LogP contribution in [-0.2, 0) is 12.6 Å². The Morgan fingerprint density at radius 2 is 1.92 bits per heavy atom. The van der Waals surface area contributed by atoms with Crippen molar-refractivity contribution in [2.24, 2.45) is 0 Å². The number of nitrogen functional groups attached to an aromatic ring is 1. The van der Waals surface area contributed by atoms with Crippen molar-refractivity contribution >= 4 is 17.1 Å². The first-order chi connectivity index (χ1) is 11.5. The van der Waals surface area contributed by atoms with Crippen LogP contribution in [0.2, 0.25) is 0 Å². The fourth-order valence-corrected chi connectivity index (χ4v) is 2.27. The molecular formula is C13H17F3N4O5. The molecule has 0 radical (unpaired) electrons. The second kappa shape index (κ2) is 8.07. The largest absolute Gasteiger partial charge is 0.418 e. The summed E-state index contributed by atoms with van der Waals surface area (Å²) in [6.45, 7) is 2.01. The van der Waals surface area contributed by atoms with E-state index in [2.05, 4.69) is 5.32 Å². The van der Waals surface area contributed by atoms with Crippen LogP contribution in [0.25, 0.3) is 0 Å². The van der Waals surface area contributed by atoms with Gasteiger partial charge in [-0.25, -0.2) is 0 Å². The quantitative estimate of drug-likeness (QED) is 0.276. The summed E-state index contributed by atoms with van der Waals surface area (Å²) in [5, 5.41) is 34.1. The molecule has 0 saturated carbocycles. The molecular weight excluding hydrogens is 349 g/mol. The van der Waals surface area contributed by atoms with E-state index in [1.54, 1.807) is 0 Å². The summed E-state index contributed by atoms with van der Waals surface area (Å²) < 4.78 is 38.8. The van der Waals surface area contributed by atoms with Crippen LogP contribution in [0.3, 0.4) is 0 Å². The zero-order valence-electron chi connectivity index (χ0n) is 13.2. The average Bonchev–Trinajstić information content (AvgIpc) is 2.44. The summed E-state index contributed by atoms with van der Waals surface area (Å²) in [7, 11) is 0. The zero-order valence-corrected chi connectivity index (χ0v) is 13.2. The third-order valence-corrected chi connectivity index (χ3v) is 3.33.